The van der Waals surface area contributed by atoms with Gasteiger partial charge < -0.3 is 0 Å². The molecule has 1 rings (SSSR count). The molecule has 0 bridgehead atoms. The zero-order valence-electron chi connectivity index (χ0n) is 7.80. The maximum atomic E-state index is 5.14. The van der Waals surface area contributed by atoms with Crippen molar-refractivity contribution < 1.29 is 20.6 Å². The van der Waals surface area contributed by atoms with Gasteiger partial charge in [0.15, 0.2) is 0 Å². The average molecular weight is 204 g/mol. The molecular weight excluding hydrogens is 188 g/mol. The third-order valence-corrected chi connectivity index (χ3v) is 3.03. The Morgan fingerprint density at radius 3 is 3.08 bits per heavy atom. The Labute approximate surface area is 82.8 Å². The van der Waals surface area contributed by atoms with E-state index in [2.05, 4.69) is 28.9 Å². The zero-order valence-corrected chi connectivity index (χ0v) is 9.07. The second-order valence-corrected chi connectivity index (χ2v) is 4.07. The van der Waals surface area contributed by atoms with Crippen molar-refractivity contribution in [2.45, 2.75) is 32.6 Å². The van der Waals surface area contributed by atoms with E-state index in [0.717, 1.165) is 16.9 Å². The van der Waals surface area contributed by atoms with Crippen LogP contribution in [-0.4, -0.2) is 11.7 Å². The Bertz CT molecular complexity index is 196. The molecule has 2 heteroatoms. The molecule has 12 heavy (non-hydrogen) atoms. The number of rotatable bonds is 3. The third kappa shape index (κ3) is 2.86. The molecule has 0 amide bonds. The van der Waals surface area contributed by atoms with E-state index in [9.17, 15) is 0 Å². The Kier molecular flexibility index (Phi) is 4.22. The number of methoxy groups -OCH3 is 1. The van der Waals surface area contributed by atoms with E-state index in [1.54, 1.807) is 7.11 Å². The van der Waals surface area contributed by atoms with Gasteiger partial charge in [-0.25, -0.2) is 0 Å². The van der Waals surface area contributed by atoms with Crippen LogP contribution < -0.4 is 0 Å². The van der Waals surface area contributed by atoms with Crippen LogP contribution in [0, 0.1) is 5.92 Å². The third-order valence-electron chi connectivity index (χ3n) is 2.51. The van der Waals surface area contributed by atoms with Gasteiger partial charge in [0, 0.05) is 0 Å². The van der Waals surface area contributed by atoms with Gasteiger partial charge in [-0.2, -0.15) is 0 Å². The van der Waals surface area contributed by atoms with Crippen LogP contribution in [0.3, 0.4) is 0 Å². The molecule has 1 atom stereocenters. The minimum absolute atomic E-state index is 0.718. The van der Waals surface area contributed by atoms with Crippen LogP contribution in [0.5, 0.6) is 0 Å². The molecule has 0 N–H and O–H groups in total. The van der Waals surface area contributed by atoms with E-state index in [-0.39, 0.29) is 0 Å². The molecule has 0 aromatic carbocycles. The Morgan fingerprint density at radius 2 is 2.50 bits per heavy atom. The molecule has 1 unspecified atom stereocenters. The van der Waals surface area contributed by atoms with Crippen molar-refractivity contribution in [2.75, 3.05) is 7.11 Å². The minimum atomic E-state index is 0.718. The van der Waals surface area contributed by atoms with Crippen molar-refractivity contribution in [1.82, 2.24) is 0 Å². The first-order chi connectivity index (χ1) is 5.74. The summed E-state index contributed by atoms with van der Waals surface area (Å²) in [6, 6.07) is 0. The topological polar surface area (TPSA) is 9.23 Å². The van der Waals surface area contributed by atoms with Crippen LogP contribution in [0.25, 0.3) is 0 Å². The van der Waals surface area contributed by atoms with E-state index in [0.29, 0.717) is 0 Å². The molecular formula is C10H16CrO. The Hall–Kier alpha value is 0.102. The summed E-state index contributed by atoms with van der Waals surface area (Å²) in [6.45, 7) is 2.23. The van der Waals surface area contributed by atoms with Crippen molar-refractivity contribution in [1.29, 1.82) is 0 Å². The Morgan fingerprint density at radius 1 is 1.75 bits per heavy atom. The molecule has 0 aromatic rings. The van der Waals surface area contributed by atoms with Crippen molar-refractivity contribution in [2.24, 2.45) is 5.92 Å². The van der Waals surface area contributed by atoms with E-state index in [1.807, 2.05) is 0 Å². The maximum absolute atomic E-state index is 5.14. The molecule has 0 saturated carbocycles. The fourth-order valence-corrected chi connectivity index (χ4v) is 1.95. The molecule has 0 radical (unpaired) electrons. The molecule has 0 heterocycles. The molecule has 1 aliphatic rings. The van der Waals surface area contributed by atoms with Crippen LogP contribution >= 0.6 is 0 Å². The number of hydrogen-bond acceptors (Lipinski definition) is 1. The standard InChI is InChI=1S/C10H16O.Cr/c1-9-5-3-4-6-10(9)7-8-11-2;/h5,10H,3-4,6-7H2,1-2H3;. The molecule has 0 fully saturated rings. The molecule has 0 aliphatic heterocycles. The Balaban J connectivity index is 2.45. The average Bonchev–Trinajstić information content (AvgIpc) is 2.09. The van der Waals surface area contributed by atoms with Crippen LogP contribution in [0.4, 0.5) is 0 Å². The summed E-state index contributed by atoms with van der Waals surface area (Å²) >= 11 is 2.96. The fourth-order valence-electron chi connectivity index (χ4n) is 1.64. The van der Waals surface area contributed by atoms with Gasteiger partial charge >= 0.3 is 82.4 Å². The van der Waals surface area contributed by atoms with Gasteiger partial charge in [0.1, 0.15) is 0 Å². The summed E-state index contributed by atoms with van der Waals surface area (Å²) in [7, 11) is 1.73. The first kappa shape index (κ1) is 10.2. The van der Waals surface area contributed by atoms with Gasteiger partial charge in [0.2, 0.25) is 0 Å². The first-order valence-electron chi connectivity index (χ1n) is 4.47. The van der Waals surface area contributed by atoms with Gasteiger partial charge in [0.05, 0.1) is 0 Å². The molecule has 1 aliphatic carbocycles. The van der Waals surface area contributed by atoms with E-state index in [1.165, 1.54) is 24.8 Å². The van der Waals surface area contributed by atoms with E-state index in [4.69, 9.17) is 4.74 Å². The van der Waals surface area contributed by atoms with E-state index < -0.39 is 0 Å². The van der Waals surface area contributed by atoms with Gasteiger partial charge in [-0.15, -0.1) is 0 Å². The molecule has 0 aromatic heterocycles. The van der Waals surface area contributed by atoms with Crippen LogP contribution in [0.15, 0.2) is 11.6 Å². The van der Waals surface area contributed by atoms with Gasteiger partial charge in [-0.1, -0.05) is 0 Å². The van der Waals surface area contributed by atoms with Crippen molar-refractivity contribution in [3.63, 3.8) is 0 Å². The SMILES string of the molecule is CO[C](=[Cr])CC1CCCC=C1C. The summed E-state index contributed by atoms with van der Waals surface area (Å²) in [5.41, 5.74) is 1.53. The molecule has 0 spiro atoms. The summed E-state index contributed by atoms with van der Waals surface area (Å²) in [6.07, 6.45) is 7.32. The second-order valence-electron chi connectivity index (χ2n) is 3.36. The molecule has 68 valence electrons. The summed E-state index contributed by atoms with van der Waals surface area (Å²) < 4.78 is 6.17. The van der Waals surface area contributed by atoms with Crippen molar-refractivity contribution in [3.8, 4) is 0 Å². The number of ether oxygens (including phenoxy) is 1. The summed E-state index contributed by atoms with van der Waals surface area (Å²) in [4.78, 5) is 0. The van der Waals surface area contributed by atoms with Crippen molar-refractivity contribution in [3.05, 3.63) is 11.6 Å². The van der Waals surface area contributed by atoms with Gasteiger partial charge in [0.25, 0.3) is 0 Å². The molecule has 0 saturated heterocycles. The van der Waals surface area contributed by atoms with Crippen molar-refractivity contribution >= 4 is 4.57 Å². The predicted molar refractivity (Wildman–Crippen MR) is 47.7 cm³/mol. The van der Waals surface area contributed by atoms with Crippen LogP contribution in [0.1, 0.15) is 32.6 Å². The molecule has 1 nitrogen and oxygen atoms in total. The first-order valence-corrected chi connectivity index (χ1v) is 5.11. The fraction of sp³-hybridized carbons (Fsp3) is 0.700. The van der Waals surface area contributed by atoms with Gasteiger partial charge in [-0.3, -0.25) is 0 Å². The van der Waals surface area contributed by atoms with E-state index >= 15 is 0 Å². The van der Waals surface area contributed by atoms with Gasteiger partial charge in [-0.05, 0) is 0 Å². The zero-order chi connectivity index (χ0) is 8.97. The predicted octanol–water partition coefficient (Wildman–Crippen LogP) is 2.45. The number of hydrogen-bond donors (Lipinski definition) is 0. The quantitative estimate of drug-likeness (QED) is 0.641. The second kappa shape index (κ2) is 4.97. The summed E-state index contributed by atoms with van der Waals surface area (Å²) in [5.74, 6) is 0.718. The normalized spacial score (nSPS) is 23.5. The number of allylic oxidation sites excluding steroid dienone is 2. The van der Waals surface area contributed by atoms with Crippen LogP contribution in [0.2, 0.25) is 0 Å². The van der Waals surface area contributed by atoms with Crippen LogP contribution in [-0.2, 0) is 20.6 Å². The monoisotopic (exact) mass is 204 g/mol. The summed E-state index contributed by atoms with van der Waals surface area (Å²) in [5, 5.41) is 0.